The number of alkyl carbamates (subject to hydrolysis) is 1. The van der Waals surface area contributed by atoms with E-state index in [2.05, 4.69) is 5.32 Å². The van der Waals surface area contributed by atoms with Crippen molar-refractivity contribution in [2.24, 2.45) is 11.8 Å². The normalized spacial score (nSPS) is 36.3. The fourth-order valence-electron chi connectivity index (χ4n) is 4.63. The van der Waals surface area contributed by atoms with Crippen molar-refractivity contribution in [3.8, 4) is 0 Å². The van der Waals surface area contributed by atoms with Crippen LogP contribution >= 0.6 is 0 Å². The van der Waals surface area contributed by atoms with E-state index in [0.717, 1.165) is 38.5 Å². The summed E-state index contributed by atoms with van der Waals surface area (Å²) in [5.41, 5.74) is -0.482. The van der Waals surface area contributed by atoms with Crippen molar-refractivity contribution in [3.05, 3.63) is 0 Å². The highest BCUT2D eigenvalue weighted by Crippen LogP contribution is 2.45. The zero-order valence-corrected chi connectivity index (χ0v) is 15.8. The lowest BCUT2D eigenvalue weighted by Crippen LogP contribution is -2.42. The van der Waals surface area contributed by atoms with Crippen LogP contribution in [0.3, 0.4) is 0 Å². The number of hydrogen-bond acceptors (Lipinski definition) is 4. The van der Waals surface area contributed by atoms with Gasteiger partial charge in [0.05, 0.1) is 5.75 Å². The summed E-state index contributed by atoms with van der Waals surface area (Å²) in [6.07, 6.45) is 5.31. The van der Waals surface area contributed by atoms with Gasteiger partial charge in [-0.05, 0) is 71.1 Å². The van der Waals surface area contributed by atoms with Crippen molar-refractivity contribution in [1.82, 2.24) is 9.62 Å². The topological polar surface area (TPSA) is 75.7 Å². The van der Waals surface area contributed by atoms with Crippen LogP contribution in [0.5, 0.6) is 0 Å². The Morgan fingerprint density at radius 1 is 1.12 bits per heavy atom. The Hall–Kier alpha value is -0.820. The fraction of sp³-hybridized carbons (Fsp3) is 0.941. The van der Waals surface area contributed by atoms with Crippen LogP contribution in [0.2, 0.25) is 0 Å². The number of rotatable bonds is 2. The molecule has 0 radical (unpaired) electrons. The Kier molecular flexibility index (Phi) is 4.86. The molecule has 0 aromatic heterocycles. The van der Waals surface area contributed by atoms with Gasteiger partial charge in [0.15, 0.2) is 0 Å². The van der Waals surface area contributed by atoms with Crippen LogP contribution < -0.4 is 5.32 Å². The molecule has 24 heavy (non-hydrogen) atoms. The highest BCUT2D eigenvalue weighted by atomic mass is 32.2. The monoisotopic (exact) mass is 358 g/mol. The third kappa shape index (κ3) is 4.04. The van der Waals surface area contributed by atoms with Crippen molar-refractivity contribution in [2.45, 2.75) is 77.0 Å². The van der Waals surface area contributed by atoms with E-state index in [9.17, 15) is 13.2 Å². The highest BCUT2D eigenvalue weighted by Gasteiger charge is 2.45. The standard InChI is InChI=1S/C17H30N2O4S/c1-17(2,3)23-16(20)18-14-6-5-12-10-15(11-13(12)9-14)19-7-4-8-24(19,21)22/h12-15H,4-11H2,1-3H3,(H,18,20)/t12-,13-,14?,15-/m0/s1. The van der Waals surface area contributed by atoms with E-state index in [1.54, 1.807) is 4.31 Å². The van der Waals surface area contributed by atoms with E-state index < -0.39 is 15.6 Å². The summed E-state index contributed by atoms with van der Waals surface area (Å²) in [5, 5.41) is 3.00. The predicted octanol–water partition coefficient (Wildman–Crippen LogP) is 2.49. The number of ether oxygens (including phenoxy) is 1. The average molecular weight is 359 g/mol. The quantitative estimate of drug-likeness (QED) is 0.823. The predicted molar refractivity (Wildman–Crippen MR) is 92.1 cm³/mol. The second-order valence-corrected chi connectivity index (χ2v) is 10.6. The lowest BCUT2D eigenvalue weighted by molar-refractivity contribution is 0.0476. The minimum Gasteiger partial charge on any atom is -0.444 e. The van der Waals surface area contributed by atoms with Gasteiger partial charge in [0.2, 0.25) is 10.0 Å². The van der Waals surface area contributed by atoms with Crippen molar-refractivity contribution in [2.75, 3.05) is 12.3 Å². The molecule has 4 atom stereocenters. The molecule has 3 fully saturated rings. The lowest BCUT2D eigenvalue weighted by atomic mass is 9.79. The van der Waals surface area contributed by atoms with Crippen molar-refractivity contribution < 1.29 is 17.9 Å². The zero-order chi connectivity index (χ0) is 17.5. The molecular weight excluding hydrogens is 328 g/mol. The average Bonchev–Trinajstić information content (AvgIpc) is 2.98. The largest absolute Gasteiger partial charge is 0.444 e. The molecule has 1 N–H and O–H groups in total. The smallest absolute Gasteiger partial charge is 0.407 e. The Labute approximate surface area is 145 Å². The summed E-state index contributed by atoms with van der Waals surface area (Å²) < 4.78 is 31.4. The minimum atomic E-state index is -3.02. The maximum atomic E-state index is 12.1. The molecule has 0 aromatic carbocycles. The fourth-order valence-corrected chi connectivity index (χ4v) is 6.39. The molecule has 1 unspecified atom stereocenters. The van der Waals surface area contributed by atoms with Gasteiger partial charge < -0.3 is 10.1 Å². The molecule has 1 aliphatic heterocycles. The lowest BCUT2D eigenvalue weighted by Gasteiger charge is -2.32. The third-order valence-corrected chi connectivity index (χ3v) is 7.56. The molecule has 3 rings (SSSR count). The summed E-state index contributed by atoms with van der Waals surface area (Å²) in [5.74, 6) is 1.42. The summed E-state index contributed by atoms with van der Waals surface area (Å²) in [4.78, 5) is 12.0. The number of carbonyl (C=O) groups excluding carboxylic acids is 1. The summed E-state index contributed by atoms with van der Waals surface area (Å²) >= 11 is 0. The molecule has 0 spiro atoms. The van der Waals surface area contributed by atoms with Gasteiger partial charge in [-0.25, -0.2) is 13.2 Å². The van der Waals surface area contributed by atoms with E-state index in [-0.39, 0.29) is 18.2 Å². The molecule has 1 amide bonds. The number of carbonyl (C=O) groups is 1. The summed E-state index contributed by atoms with van der Waals surface area (Å²) in [6, 6.07) is 0.322. The van der Waals surface area contributed by atoms with E-state index >= 15 is 0 Å². The van der Waals surface area contributed by atoms with E-state index in [1.807, 2.05) is 20.8 Å². The molecule has 1 saturated heterocycles. The van der Waals surface area contributed by atoms with Crippen LogP contribution in [0.15, 0.2) is 0 Å². The summed E-state index contributed by atoms with van der Waals surface area (Å²) in [6.45, 7) is 6.27. The molecule has 0 aromatic rings. The summed E-state index contributed by atoms with van der Waals surface area (Å²) in [7, 11) is -3.02. The molecular formula is C17H30N2O4S. The Morgan fingerprint density at radius 2 is 1.83 bits per heavy atom. The first kappa shape index (κ1) is 18.0. The van der Waals surface area contributed by atoms with Crippen molar-refractivity contribution >= 4 is 16.1 Å². The molecule has 7 heteroatoms. The van der Waals surface area contributed by atoms with Crippen molar-refractivity contribution in [3.63, 3.8) is 0 Å². The molecule has 1 heterocycles. The Bertz CT molecular complexity index is 584. The second-order valence-electron chi connectivity index (χ2n) is 8.58. The zero-order valence-electron chi connectivity index (χ0n) is 15.0. The Balaban J connectivity index is 1.54. The van der Waals surface area contributed by atoms with Gasteiger partial charge in [-0.1, -0.05) is 0 Å². The highest BCUT2D eigenvalue weighted by molar-refractivity contribution is 7.89. The first-order valence-corrected chi connectivity index (χ1v) is 10.7. The first-order chi connectivity index (χ1) is 11.1. The molecule has 0 bridgehead atoms. The molecule has 6 nitrogen and oxygen atoms in total. The number of amides is 1. The van der Waals surface area contributed by atoms with Gasteiger partial charge in [0.1, 0.15) is 5.60 Å². The van der Waals surface area contributed by atoms with Gasteiger partial charge in [-0.15, -0.1) is 0 Å². The van der Waals surface area contributed by atoms with Crippen molar-refractivity contribution in [1.29, 1.82) is 0 Å². The van der Waals surface area contributed by atoms with Gasteiger partial charge >= 0.3 is 6.09 Å². The van der Waals surface area contributed by atoms with Gasteiger partial charge in [0, 0.05) is 18.6 Å². The molecule has 2 aliphatic carbocycles. The van der Waals surface area contributed by atoms with Gasteiger partial charge in [-0.2, -0.15) is 4.31 Å². The van der Waals surface area contributed by atoms with E-state index in [1.165, 1.54) is 0 Å². The van der Waals surface area contributed by atoms with Crippen LogP contribution in [0.25, 0.3) is 0 Å². The maximum absolute atomic E-state index is 12.1. The molecule has 2 saturated carbocycles. The first-order valence-electron chi connectivity index (χ1n) is 9.13. The van der Waals surface area contributed by atoms with Crippen LogP contribution in [0.4, 0.5) is 4.79 Å². The number of nitrogens with one attached hydrogen (secondary N) is 1. The van der Waals surface area contributed by atoms with Gasteiger partial charge in [0.25, 0.3) is 0 Å². The third-order valence-electron chi connectivity index (χ3n) is 5.56. The second kappa shape index (κ2) is 6.48. The number of sulfonamides is 1. The SMILES string of the molecule is CC(C)(C)OC(=O)NC1CC[C@H]2C[C@H](N3CCCS3(=O)=O)C[C@@H]2C1. The van der Waals surface area contributed by atoms with E-state index in [4.69, 9.17) is 4.74 Å². The van der Waals surface area contributed by atoms with Crippen LogP contribution in [0, 0.1) is 11.8 Å². The number of hydrogen-bond donors (Lipinski definition) is 1. The van der Waals surface area contributed by atoms with Crippen LogP contribution in [0.1, 0.15) is 59.3 Å². The van der Waals surface area contributed by atoms with Crippen LogP contribution in [-0.4, -0.2) is 48.8 Å². The molecule has 3 aliphatic rings. The number of nitrogens with zero attached hydrogens (tertiary/aromatic N) is 1. The maximum Gasteiger partial charge on any atom is 0.407 e. The molecule has 138 valence electrons. The van der Waals surface area contributed by atoms with E-state index in [0.29, 0.717) is 24.1 Å². The van der Waals surface area contributed by atoms with Gasteiger partial charge in [-0.3, -0.25) is 0 Å². The Morgan fingerprint density at radius 3 is 2.46 bits per heavy atom. The minimum absolute atomic E-state index is 0.148. The number of fused-ring (bicyclic) bond motifs is 1. The van der Waals surface area contributed by atoms with Crippen LogP contribution in [-0.2, 0) is 14.8 Å².